The maximum atomic E-state index is 12.2. The Kier molecular flexibility index (Phi) is 5.38. The number of aromatic nitrogens is 4. The van der Waals surface area contributed by atoms with Crippen molar-refractivity contribution in [3.05, 3.63) is 30.3 Å². The van der Waals surface area contributed by atoms with Crippen LogP contribution in [0.25, 0.3) is 0 Å². The zero-order chi connectivity index (χ0) is 19.6. The third-order valence-corrected chi connectivity index (χ3v) is 6.90. The van der Waals surface area contributed by atoms with Crippen molar-refractivity contribution in [2.24, 2.45) is 0 Å². The molecule has 2 aliphatic heterocycles. The SMILES string of the molecule is O=C(Nc1ccccc1)OC1COC2C1OCC2n1nnnc1SC1CCCC1. The first kappa shape index (κ1) is 18.8. The summed E-state index contributed by atoms with van der Waals surface area (Å²) in [5, 5.41) is 16.4. The molecule has 2 saturated heterocycles. The lowest BCUT2D eigenvalue weighted by atomic mass is 10.1. The van der Waals surface area contributed by atoms with Gasteiger partial charge in [0, 0.05) is 10.9 Å². The topological polar surface area (TPSA) is 100 Å². The molecular weight excluding hydrogens is 394 g/mol. The Morgan fingerprint density at radius 3 is 2.76 bits per heavy atom. The lowest BCUT2D eigenvalue weighted by molar-refractivity contribution is 0.00751. The molecule has 1 aliphatic carbocycles. The molecule has 4 atom stereocenters. The molecule has 0 bridgehead atoms. The number of thioether (sulfide) groups is 1. The normalized spacial score (nSPS) is 29.1. The van der Waals surface area contributed by atoms with E-state index >= 15 is 0 Å². The van der Waals surface area contributed by atoms with Crippen molar-refractivity contribution in [1.82, 2.24) is 20.2 Å². The Bertz CT molecular complexity index is 844. The van der Waals surface area contributed by atoms with E-state index in [4.69, 9.17) is 14.2 Å². The molecule has 4 unspecified atom stereocenters. The Balaban J connectivity index is 1.21. The van der Waals surface area contributed by atoms with Crippen LogP contribution in [0.15, 0.2) is 35.5 Å². The number of tetrazole rings is 1. The van der Waals surface area contributed by atoms with Gasteiger partial charge in [0.15, 0.2) is 6.10 Å². The first-order chi connectivity index (χ1) is 14.3. The van der Waals surface area contributed by atoms with Crippen molar-refractivity contribution in [3.63, 3.8) is 0 Å². The number of para-hydroxylation sites is 1. The van der Waals surface area contributed by atoms with Gasteiger partial charge in [-0.15, -0.1) is 5.10 Å². The van der Waals surface area contributed by atoms with E-state index in [1.54, 1.807) is 23.9 Å². The third kappa shape index (κ3) is 3.96. The highest BCUT2D eigenvalue weighted by atomic mass is 32.2. The molecule has 1 saturated carbocycles. The van der Waals surface area contributed by atoms with Crippen molar-refractivity contribution in [3.8, 4) is 0 Å². The smallest absolute Gasteiger partial charge is 0.412 e. The van der Waals surface area contributed by atoms with E-state index in [1.807, 2.05) is 22.9 Å². The minimum atomic E-state index is -0.516. The van der Waals surface area contributed by atoms with Crippen LogP contribution in [-0.4, -0.2) is 63.1 Å². The number of hydrogen-bond donors (Lipinski definition) is 1. The molecule has 1 amide bonds. The fourth-order valence-electron chi connectivity index (χ4n) is 4.19. The molecule has 0 spiro atoms. The number of benzene rings is 1. The molecule has 5 rings (SSSR count). The molecule has 2 aromatic rings. The maximum absolute atomic E-state index is 12.2. The Labute approximate surface area is 172 Å². The van der Waals surface area contributed by atoms with Gasteiger partial charge in [-0.1, -0.05) is 42.8 Å². The minimum absolute atomic E-state index is 0.121. The van der Waals surface area contributed by atoms with Crippen molar-refractivity contribution >= 4 is 23.5 Å². The number of rotatable bonds is 5. The summed E-state index contributed by atoms with van der Waals surface area (Å²) in [5.74, 6) is 0. The number of ether oxygens (including phenoxy) is 3. The first-order valence-corrected chi connectivity index (χ1v) is 10.9. The summed E-state index contributed by atoms with van der Waals surface area (Å²) in [6.45, 7) is 0.722. The predicted octanol–water partition coefficient (Wildman–Crippen LogP) is 2.66. The third-order valence-electron chi connectivity index (χ3n) is 5.61. The predicted molar refractivity (Wildman–Crippen MR) is 105 cm³/mol. The van der Waals surface area contributed by atoms with E-state index < -0.39 is 12.2 Å². The average Bonchev–Trinajstić information content (AvgIpc) is 3.50. The second-order valence-electron chi connectivity index (χ2n) is 7.53. The van der Waals surface area contributed by atoms with E-state index in [2.05, 4.69) is 20.8 Å². The minimum Gasteiger partial charge on any atom is -0.441 e. The van der Waals surface area contributed by atoms with Crippen molar-refractivity contribution in [1.29, 1.82) is 0 Å². The van der Waals surface area contributed by atoms with Gasteiger partial charge in [0.2, 0.25) is 5.16 Å². The highest BCUT2D eigenvalue weighted by Crippen LogP contribution is 2.39. The summed E-state index contributed by atoms with van der Waals surface area (Å²) in [6.07, 6.45) is 3.40. The van der Waals surface area contributed by atoms with Crippen molar-refractivity contribution in [2.75, 3.05) is 18.5 Å². The summed E-state index contributed by atoms with van der Waals surface area (Å²) in [6, 6.07) is 9.07. The van der Waals surface area contributed by atoms with Gasteiger partial charge in [0.05, 0.1) is 13.2 Å². The van der Waals surface area contributed by atoms with Gasteiger partial charge in [-0.25, -0.2) is 9.48 Å². The molecule has 3 fully saturated rings. The van der Waals surface area contributed by atoms with Crippen LogP contribution >= 0.6 is 11.8 Å². The summed E-state index contributed by atoms with van der Waals surface area (Å²) >= 11 is 1.74. The molecule has 1 N–H and O–H groups in total. The Morgan fingerprint density at radius 1 is 1.14 bits per heavy atom. The van der Waals surface area contributed by atoms with Crippen LogP contribution in [0, 0.1) is 0 Å². The second kappa shape index (κ2) is 8.29. The zero-order valence-corrected chi connectivity index (χ0v) is 16.7. The fraction of sp³-hybridized carbons (Fsp3) is 0.579. The summed E-state index contributed by atoms with van der Waals surface area (Å²) in [5.41, 5.74) is 0.681. The van der Waals surface area contributed by atoms with Gasteiger partial charge in [-0.3, -0.25) is 5.32 Å². The monoisotopic (exact) mass is 417 g/mol. The van der Waals surface area contributed by atoms with Gasteiger partial charge < -0.3 is 14.2 Å². The number of carbonyl (C=O) groups is 1. The molecule has 10 heteroatoms. The molecular formula is C19H23N5O4S. The summed E-state index contributed by atoms with van der Waals surface area (Å²) in [7, 11) is 0. The molecule has 3 heterocycles. The largest absolute Gasteiger partial charge is 0.441 e. The quantitative estimate of drug-likeness (QED) is 0.793. The summed E-state index contributed by atoms with van der Waals surface area (Å²) in [4.78, 5) is 12.2. The zero-order valence-electron chi connectivity index (χ0n) is 15.8. The molecule has 29 heavy (non-hydrogen) atoms. The van der Waals surface area contributed by atoms with E-state index in [-0.39, 0.29) is 18.2 Å². The first-order valence-electron chi connectivity index (χ1n) is 9.98. The molecule has 154 valence electrons. The van der Waals surface area contributed by atoms with Crippen LogP contribution in [-0.2, 0) is 14.2 Å². The van der Waals surface area contributed by atoms with Crippen molar-refractivity contribution in [2.45, 2.75) is 60.4 Å². The van der Waals surface area contributed by atoms with Crippen LogP contribution in [0.2, 0.25) is 0 Å². The van der Waals surface area contributed by atoms with E-state index in [0.29, 0.717) is 24.2 Å². The molecule has 1 aromatic heterocycles. The van der Waals surface area contributed by atoms with Crippen LogP contribution in [0.3, 0.4) is 0 Å². The number of carbonyl (C=O) groups excluding carboxylic acids is 1. The van der Waals surface area contributed by atoms with Crippen LogP contribution in [0.1, 0.15) is 31.7 Å². The lowest BCUT2D eigenvalue weighted by Crippen LogP contribution is -2.35. The van der Waals surface area contributed by atoms with Crippen LogP contribution < -0.4 is 5.32 Å². The molecule has 1 aromatic carbocycles. The Hall–Kier alpha value is -2.17. The van der Waals surface area contributed by atoms with Gasteiger partial charge in [0.25, 0.3) is 0 Å². The number of nitrogens with one attached hydrogen (secondary N) is 1. The van der Waals surface area contributed by atoms with Gasteiger partial charge in [-0.05, 0) is 35.4 Å². The van der Waals surface area contributed by atoms with E-state index in [1.165, 1.54) is 25.7 Å². The molecule has 0 radical (unpaired) electrons. The van der Waals surface area contributed by atoms with E-state index in [0.717, 1.165) is 5.16 Å². The second-order valence-corrected chi connectivity index (χ2v) is 8.80. The van der Waals surface area contributed by atoms with Gasteiger partial charge >= 0.3 is 6.09 Å². The number of anilines is 1. The standard InChI is InChI=1S/C19H23N5O4S/c25-19(20-12-6-2-1-3-7-12)28-15-11-27-16-14(10-26-17(15)16)24-18(21-22-23-24)29-13-8-4-5-9-13/h1-3,6-7,13-17H,4-5,8-11H2,(H,20,25). The van der Waals surface area contributed by atoms with Gasteiger partial charge in [0.1, 0.15) is 18.2 Å². The highest BCUT2D eigenvalue weighted by Gasteiger charge is 2.51. The number of fused-ring (bicyclic) bond motifs is 1. The van der Waals surface area contributed by atoms with Gasteiger partial charge in [-0.2, -0.15) is 0 Å². The average molecular weight is 417 g/mol. The van der Waals surface area contributed by atoms with Crippen LogP contribution in [0.5, 0.6) is 0 Å². The highest BCUT2D eigenvalue weighted by molar-refractivity contribution is 7.99. The number of amides is 1. The number of nitrogens with zero attached hydrogens (tertiary/aromatic N) is 4. The van der Waals surface area contributed by atoms with Crippen LogP contribution in [0.4, 0.5) is 10.5 Å². The maximum Gasteiger partial charge on any atom is 0.412 e. The fourth-order valence-corrected chi connectivity index (χ4v) is 5.42. The van der Waals surface area contributed by atoms with Crippen molar-refractivity contribution < 1.29 is 19.0 Å². The Morgan fingerprint density at radius 2 is 1.93 bits per heavy atom. The summed E-state index contributed by atoms with van der Waals surface area (Å²) < 4.78 is 19.3. The molecule has 9 nitrogen and oxygen atoms in total. The lowest BCUT2D eigenvalue weighted by Gasteiger charge is -2.18. The number of hydrogen-bond acceptors (Lipinski definition) is 8. The molecule has 3 aliphatic rings. The van der Waals surface area contributed by atoms with E-state index in [9.17, 15) is 4.79 Å².